The van der Waals surface area contributed by atoms with E-state index >= 15 is 0 Å². The van der Waals surface area contributed by atoms with Crippen LogP contribution >= 0.6 is 0 Å². The zero-order valence-corrected chi connectivity index (χ0v) is 12.6. The van der Waals surface area contributed by atoms with E-state index in [-0.39, 0.29) is 11.5 Å². The Hall–Kier alpha value is -1.38. The van der Waals surface area contributed by atoms with E-state index in [0.29, 0.717) is 12.0 Å². The fraction of sp³-hybridized carbons (Fsp3) is 0.588. The summed E-state index contributed by atoms with van der Waals surface area (Å²) in [5, 5.41) is 0. The van der Waals surface area contributed by atoms with Crippen LogP contribution < -0.4 is 4.74 Å². The first kappa shape index (κ1) is 16.7. The zero-order chi connectivity index (χ0) is 14.8. The highest BCUT2D eigenvalue weighted by atomic mass is 19.1. The summed E-state index contributed by atoms with van der Waals surface area (Å²) in [6, 6.07) is 4.30. The van der Waals surface area contributed by atoms with Crippen LogP contribution in [0.4, 0.5) is 4.39 Å². The van der Waals surface area contributed by atoms with Crippen LogP contribution in [0.1, 0.15) is 68.6 Å². The van der Waals surface area contributed by atoms with Crippen LogP contribution in [0.5, 0.6) is 5.75 Å². The summed E-state index contributed by atoms with van der Waals surface area (Å²) in [5.74, 6) is -0.229. The molecule has 2 nitrogen and oxygen atoms in total. The number of carbonyl (C=O) groups excluding carboxylic acids is 1. The van der Waals surface area contributed by atoms with Crippen molar-refractivity contribution in [2.75, 3.05) is 7.11 Å². The average molecular weight is 280 g/mol. The van der Waals surface area contributed by atoms with Crippen molar-refractivity contribution >= 4 is 5.78 Å². The predicted molar refractivity (Wildman–Crippen MR) is 79.9 cm³/mol. The number of Topliss-reactive ketones (excluding diaryl/α,β-unsaturated/α-hetero) is 1. The van der Waals surface area contributed by atoms with E-state index in [9.17, 15) is 9.18 Å². The van der Waals surface area contributed by atoms with Crippen molar-refractivity contribution in [2.45, 2.75) is 58.3 Å². The lowest BCUT2D eigenvalue weighted by atomic mass is 10.0. The second-order valence-electron chi connectivity index (χ2n) is 5.14. The molecule has 0 aliphatic carbocycles. The van der Waals surface area contributed by atoms with Gasteiger partial charge in [-0.15, -0.1) is 0 Å². The molecule has 0 fully saturated rings. The van der Waals surface area contributed by atoms with Crippen LogP contribution in [0.25, 0.3) is 0 Å². The Morgan fingerprint density at radius 3 is 2.40 bits per heavy atom. The van der Waals surface area contributed by atoms with Gasteiger partial charge in [-0.25, -0.2) is 4.39 Å². The predicted octanol–water partition coefficient (Wildman–Crippen LogP) is 5.16. The zero-order valence-electron chi connectivity index (χ0n) is 12.6. The third-order valence-corrected chi connectivity index (χ3v) is 3.48. The van der Waals surface area contributed by atoms with E-state index < -0.39 is 5.82 Å². The van der Waals surface area contributed by atoms with Gasteiger partial charge in [0.05, 0.1) is 7.11 Å². The number of ketones is 1. The molecular formula is C17H25FO2. The second-order valence-corrected chi connectivity index (χ2v) is 5.14. The van der Waals surface area contributed by atoms with E-state index in [4.69, 9.17) is 4.74 Å². The van der Waals surface area contributed by atoms with Crippen molar-refractivity contribution in [2.24, 2.45) is 0 Å². The molecule has 0 aromatic heterocycles. The number of rotatable bonds is 10. The van der Waals surface area contributed by atoms with Gasteiger partial charge in [0, 0.05) is 12.0 Å². The highest BCUT2D eigenvalue weighted by Crippen LogP contribution is 2.20. The highest BCUT2D eigenvalue weighted by Gasteiger charge is 2.09. The number of ether oxygens (including phenoxy) is 1. The van der Waals surface area contributed by atoms with Crippen LogP contribution in [0.15, 0.2) is 18.2 Å². The lowest BCUT2D eigenvalue weighted by molar-refractivity contribution is 0.0978. The molecule has 0 atom stereocenters. The molecule has 1 rings (SSSR count). The van der Waals surface area contributed by atoms with Crippen LogP contribution in [0, 0.1) is 5.82 Å². The van der Waals surface area contributed by atoms with Crippen molar-refractivity contribution in [3.8, 4) is 5.75 Å². The van der Waals surface area contributed by atoms with Gasteiger partial charge in [-0.3, -0.25) is 4.79 Å². The van der Waals surface area contributed by atoms with Gasteiger partial charge in [0.25, 0.3) is 0 Å². The fourth-order valence-electron chi connectivity index (χ4n) is 2.22. The van der Waals surface area contributed by atoms with Crippen molar-refractivity contribution in [1.82, 2.24) is 0 Å². The third-order valence-electron chi connectivity index (χ3n) is 3.48. The summed E-state index contributed by atoms with van der Waals surface area (Å²) < 4.78 is 18.1. The Bertz CT molecular complexity index is 415. The molecule has 0 saturated carbocycles. The lowest BCUT2D eigenvalue weighted by Gasteiger charge is -2.05. The van der Waals surface area contributed by atoms with E-state index in [0.717, 1.165) is 12.8 Å². The van der Waals surface area contributed by atoms with Crippen LogP contribution in [0.2, 0.25) is 0 Å². The Kier molecular flexibility index (Phi) is 7.93. The summed E-state index contributed by atoms with van der Waals surface area (Å²) in [5.41, 5.74) is 0.536. The SMILES string of the molecule is CCCCCCCCCC(=O)c1ccc(F)c(OC)c1. The van der Waals surface area contributed by atoms with Gasteiger partial charge in [0.15, 0.2) is 17.3 Å². The number of halogens is 1. The van der Waals surface area contributed by atoms with Gasteiger partial charge in [-0.05, 0) is 24.6 Å². The monoisotopic (exact) mass is 280 g/mol. The molecule has 0 aliphatic heterocycles. The van der Waals surface area contributed by atoms with Crippen molar-refractivity contribution in [3.63, 3.8) is 0 Å². The molecule has 1 aromatic carbocycles. The number of unbranched alkanes of at least 4 members (excludes halogenated alkanes) is 6. The van der Waals surface area contributed by atoms with E-state index in [2.05, 4.69) is 6.92 Å². The molecule has 0 aliphatic rings. The molecule has 0 N–H and O–H groups in total. The minimum absolute atomic E-state index is 0.0665. The van der Waals surface area contributed by atoms with Crippen molar-refractivity contribution in [3.05, 3.63) is 29.6 Å². The first-order chi connectivity index (χ1) is 9.69. The van der Waals surface area contributed by atoms with Gasteiger partial charge in [-0.1, -0.05) is 45.4 Å². The molecule has 20 heavy (non-hydrogen) atoms. The Morgan fingerprint density at radius 2 is 1.75 bits per heavy atom. The topological polar surface area (TPSA) is 26.3 Å². The number of hydrogen-bond donors (Lipinski definition) is 0. The van der Waals surface area contributed by atoms with Gasteiger partial charge in [0.1, 0.15) is 0 Å². The summed E-state index contributed by atoms with van der Waals surface area (Å²) in [6.07, 6.45) is 8.83. The highest BCUT2D eigenvalue weighted by molar-refractivity contribution is 5.96. The second kappa shape index (κ2) is 9.51. The molecule has 0 amide bonds. The first-order valence-electron chi connectivity index (χ1n) is 7.55. The maximum Gasteiger partial charge on any atom is 0.165 e. The molecule has 112 valence electrons. The van der Waals surface area contributed by atoms with Crippen LogP contribution in [-0.4, -0.2) is 12.9 Å². The standard InChI is InChI=1S/C17H25FO2/c1-3-4-5-6-7-8-9-10-16(19)14-11-12-15(18)17(13-14)20-2/h11-13H,3-10H2,1-2H3. The molecular weight excluding hydrogens is 255 g/mol. The number of methoxy groups -OCH3 is 1. The summed E-state index contributed by atoms with van der Waals surface area (Å²) in [4.78, 5) is 12.0. The largest absolute Gasteiger partial charge is 0.494 e. The molecule has 0 saturated heterocycles. The summed E-state index contributed by atoms with van der Waals surface area (Å²) in [7, 11) is 1.41. The fourth-order valence-corrected chi connectivity index (χ4v) is 2.22. The number of benzene rings is 1. The Morgan fingerprint density at radius 1 is 1.10 bits per heavy atom. The van der Waals surface area contributed by atoms with Crippen LogP contribution in [0.3, 0.4) is 0 Å². The average Bonchev–Trinajstić information content (AvgIpc) is 2.46. The maximum absolute atomic E-state index is 13.3. The smallest absolute Gasteiger partial charge is 0.165 e. The van der Waals surface area contributed by atoms with Gasteiger partial charge < -0.3 is 4.74 Å². The van der Waals surface area contributed by atoms with Crippen molar-refractivity contribution < 1.29 is 13.9 Å². The minimum Gasteiger partial charge on any atom is -0.494 e. The summed E-state index contributed by atoms with van der Waals surface area (Å²) in [6.45, 7) is 2.20. The lowest BCUT2D eigenvalue weighted by Crippen LogP contribution is -2.00. The molecule has 1 aromatic rings. The molecule has 0 spiro atoms. The molecule has 0 radical (unpaired) electrons. The van der Waals surface area contributed by atoms with Gasteiger partial charge in [0.2, 0.25) is 0 Å². The van der Waals surface area contributed by atoms with E-state index in [1.54, 1.807) is 0 Å². The first-order valence-corrected chi connectivity index (χ1v) is 7.55. The Balaban J connectivity index is 2.29. The maximum atomic E-state index is 13.3. The summed E-state index contributed by atoms with van der Waals surface area (Å²) >= 11 is 0. The van der Waals surface area contributed by atoms with Crippen LogP contribution in [-0.2, 0) is 0 Å². The molecule has 0 heterocycles. The van der Waals surface area contributed by atoms with Crippen molar-refractivity contribution in [1.29, 1.82) is 0 Å². The number of hydrogen-bond acceptors (Lipinski definition) is 2. The Labute approximate surface area is 121 Å². The number of carbonyl (C=O) groups is 1. The van der Waals surface area contributed by atoms with Gasteiger partial charge in [-0.2, -0.15) is 0 Å². The third kappa shape index (κ3) is 5.72. The molecule has 3 heteroatoms. The van der Waals surface area contributed by atoms with E-state index in [1.165, 1.54) is 57.4 Å². The minimum atomic E-state index is -0.431. The normalized spacial score (nSPS) is 10.6. The van der Waals surface area contributed by atoms with Gasteiger partial charge >= 0.3 is 0 Å². The quantitative estimate of drug-likeness (QED) is 0.437. The van der Waals surface area contributed by atoms with E-state index in [1.807, 2.05) is 0 Å². The molecule has 0 bridgehead atoms. The molecule has 0 unspecified atom stereocenters.